The van der Waals surface area contributed by atoms with Crippen LogP contribution in [0.3, 0.4) is 0 Å². The molecular formula is C16H34. The predicted molar refractivity (Wildman–Crippen MR) is 75.8 cm³/mol. The van der Waals surface area contributed by atoms with Gasteiger partial charge in [0.2, 0.25) is 0 Å². The van der Waals surface area contributed by atoms with Crippen molar-refractivity contribution in [1.29, 1.82) is 0 Å². The summed E-state index contributed by atoms with van der Waals surface area (Å²) >= 11 is 0. The fourth-order valence-electron chi connectivity index (χ4n) is 2.79. The molecule has 0 aromatic rings. The van der Waals surface area contributed by atoms with Crippen molar-refractivity contribution in [3.8, 4) is 0 Å². The van der Waals surface area contributed by atoms with Crippen LogP contribution in [-0.4, -0.2) is 0 Å². The first-order chi connectivity index (χ1) is 7.29. The van der Waals surface area contributed by atoms with Gasteiger partial charge < -0.3 is 0 Å². The molecule has 0 aliphatic heterocycles. The zero-order valence-electron chi connectivity index (χ0n) is 10.9. The van der Waals surface area contributed by atoms with Crippen LogP contribution < -0.4 is 0 Å². The molecule has 2 fully saturated rings. The first kappa shape index (κ1) is 16.0. The summed E-state index contributed by atoms with van der Waals surface area (Å²) in [5, 5.41) is 0. The van der Waals surface area contributed by atoms with E-state index >= 15 is 0 Å². The number of hydrogen-bond donors (Lipinski definition) is 0. The fourth-order valence-corrected chi connectivity index (χ4v) is 2.79. The monoisotopic (exact) mass is 226 g/mol. The van der Waals surface area contributed by atoms with Gasteiger partial charge in [0.05, 0.1) is 0 Å². The Balaban J connectivity index is 0.000000283. The molecule has 0 atom stereocenters. The first-order valence-electron chi connectivity index (χ1n) is 7.29. The molecule has 0 amide bonds. The Hall–Kier alpha value is 0. The van der Waals surface area contributed by atoms with Gasteiger partial charge in [0.15, 0.2) is 0 Å². The van der Waals surface area contributed by atoms with Crippen molar-refractivity contribution < 1.29 is 0 Å². The molecule has 2 aliphatic carbocycles. The van der Waals surface area contributed by atoms with Gasteiger partial charge >= 0.3 is 0 Å². The molecule has 0 nitrogen and oxygen atoms in total. The smallest absolute Gasteiger partial charge is 0.0443 e. The van der Waals surface area contributed by atoms with Crippen LogP contribution in [0.15, 0.2) is 0 Å². The van der Waals surface area contributed by atoms with Crippen molar-refractivity contribution in [2.45, 2.75) is 91.9 Å². The van der Waals surface area contributed by atoms with Crippen LogP contribution in [0.25, 0.3) is 0 Å². The van der Waals surface area contributed by atoms with Gasteiger partial charge in [-0.05, 0) is 11.8 Å². The van der Waals surface area contributed by atoms with Crippen molar-refractivity contribution in [2.24, 2.45) is 11.8 Å². The fraction of sp³-hybridized carbons (Fsp3) is 1.00. The Morgan fingerprint density at radius 1 is 0.500 bits per heavy atom. The Kier molecular flexibility index (Phi) is 10.2. The minimum Gasteiger partial charge on any atom is -0.0776 e. The van der Waals surface area contributed by atoms with Crippen molar-refractivity contribution in [2.75, 3.05) is 0 Å². The van der Waals surface area contributed by atoms with Gasteiger partial charge in [-0.15, -0.1) is 0 Å². The highest BCUT2D eigenvalue weighted by Gasteiger charge is 2.07. The van der Waals surface area contributed by atoms with E-state index in [2.05, 4.69) is 13.8 Å². The molecule has 0 radical (unpaired) electrons. The van der Waals surface area contributed by atoms with Gasteiger partial charge in [-0.2, -0.15) is 0 Å². The van der Waals surface area contributed by atoms with Crippen molar-refractivity contribution in [3.63, 3.8) is 0 Å². The lowest BCUT2D eigenvalue weighted by atomic mass is 9.93. The Morgan fingerprint density at radius 3 is 1.06 bits per heavy atom. The maximum Gasteiger partial charge on any atom is -0.0443 e. The summed E-state index contributed by atoms with van der Waals surface area (Å²) in [6.07, 6.45) is 16.4. The molecule has 16 heavy (non-hydrogen) atoms. The third-order valence-electron chi connectivity index (χ3n) is 4.04. The van der Waals surface area contributed by atoms with E-state index in [1.54, 1.807) is 0 Å². The van der Waals surface area contributed by atoms with Crippen molar-refractivity contribution in [3.05, 3.63) is 0 Å². The van der Waals surface area contributed by atoms with Crippen LogP contribution in [0.5, 0.6) is 0 Å². The standard InChI is InChI=1S/C9H18.C6H12.CH4/c1-9-7-5-3-2-4-6-8-9;1-6-4-2-3-5-6;/h9H,2-8H2,1H3;6H,2-5H2,1H3;1H4. The quantitative estimate of drug-likeness (QED) is 0.461. The SMILES string of the molecule is C.CC1CCCC1.CC1CCCCCCC1. The maximum absolute atomic E-state index is 2.39. The summed E-state index contributed by atoms with van der Waals surface area (Å²) < 4.78 is 0. The molecule has 0 saturated heterocycles. The van der Waals surface area contributed by atoms with Gasteiger partial charge in [0, 0.05) is 0 Å². The number of hydrogen-bond acceptors (Lipinski definition) is 0. The summed E-state index contributed by atoms with van der Waals surface area (Å²) in [7, 11) is 0. The van der Waals surface area contributed by atoms with Crippen molar-refractivity contribution in [1.82, 2.24) is 0 Å². The third kappa shape index (κ3) is 8.19. The second-order valence-corrected chi connectivity index (χ2v) is 5.84. The summed E-state index contributed by atoms with van der Waals surface area (Å²) in [5.74, 6) is 2.07. The van der Waals surface area contributed by atoms with Crippen LogP contribution >= 0.6 is 0 Å². The average Bonchev–Trinajstić information content (AvgIpc) is 2.64. The van der Waals surface area contributed by atoms with Gasteiger partial charge in [0.1, 0.15) is 0 Å². The molecule has 0 heterocycles. The van der Waals surface area contributed by atoms with Crippen molar-refractivity contribution >= 4 is 0 Å². The van der Waals surface area contributed by atoms with Crippen LogP contribution in [0.1, 0.15) is 91.9 Å². The van der Waals surface area contributed by atoms with Crippen LogP contribution in [0.2, 0.25) is 0 Å². The maximum atomic E-state index is 2.39. The molecule has 2 rings (SSSR count). The summed E-state index contributed by atoms with van der Waals surface area (Å²) in [4.78, 5) is 0. The van der Waals surface area contributed by atoms with Gasteiger partial charge in [-0.1, -0.05) is 91.9 Å². The van der Waals surface area contributed by atoms with E-state index in [0.717, 1.165) is 11.8 Å². The van der Waals surface area contributed by atoms with E-state index in [-0.39, 0.29) is 7.43 Å². The number of rotatable bonds is 0. The highest BCUT2D eigenvalue weighted by Crippen LogP contribution is 2.23. The van der Waals surface area contributed by atoms with Crippen LogP contribution in [0, 0.1) is 11.8 Å². The highest BCUT2D eigenvalue weighted by atomic mass is 14.1. The summed E-state index contributed by atoms with van der Waals surface area (Å²) in [5.41, 5.74) is 0. The second kappa shape index (κ2) is 10.2. The Bertz CT molecular complexity index is 125. The summed E-state index contributed by atoms with van der Waals surface area (Å²) in [6, 6.07) is 0. The van der Waals surface area contributed by atoms with E-state index in [1.807, 2.05) is 0 Å². The molecule has 0 heteroatoms. The second-order valence-electron chi connectivity index (χ2n) is 5.84. The zero-order chi connectivity index (χ0) is 10.9. The third-order valence-corrected chi connectivity index (χ3v) is 4.04. The topological polar surface area (TPSA) is 0 Å². The molecule has 2 aliphatic rings. The van der Waals surface area contributed by atoms with E-state index in [9.17, 15) is 0 Å². The average molecular weight is 226 g/mol. The minimum atomic E-state index is 0. The largest absolute Gasteiger partial charge is 0.0776 e. The molecule has 0 bridgehead atoms. The first-order valence-corrected chi connectivity index (χ1v) is 7.29. The van der Waals surface area contributed by atoms with Gasteiger partial charge in [-0.25, -0.2) is 0 Å². The molecule has 0 spiro atoms. The van der Waals surface area contributed by atoms with Gasteiger partial charge in [-0.3, -0.25) is 0 Å². The normalized spacial score (nSPS) is 23.6. The molecule has 0 unspecified atom stereocenters. The van der Waals surface area contributed by atoms with Crippen LogP contribution in [0.4, 0.5) is 0 Å². The van der Waals surface area contributed by atoms with E-state index < -0.39 is 0 Å². The zero-order valence-corrected chi connectivity index (χ0v) is 10.9. The lowest BCUT2D eigenvalue weighted by Gasteiger charge is -2.13. The Morgan fingerprint density at radius 2 is 0.750 bits per heavy atom. The molecular weight excluding hydrogens is 192 g/mol. The van der Waals surface area contributed by atoms with Gasteiger partial charge in [0.25, 0.3) is 0 Å². The lowest BCUT2D eigenvalue weighted by molar-refractivity contribution is 0.404. The summed E-state index contributed by atoms with van der Waals surface area (Å²) in [6.45, 7) is 4.73. The molecule has 0 aromatic heterocycles. The predicted octanol–water partition coefficient (Wildman–Crippen LogP) is 6.20. The van der Waals surface area contributed by atoms with E-state index in [1.165, 1.54) is 70.6 Å². The minimum absolute atomic E-state index is 0. The van der Waals surface area contributed by atoms with E-state index in [4.69, 9.17) is 0 Å². The lowest BCUT2D eigenvalue weighted by Crippen LogP contribution is -1.97. The Labute approximate surface area is 104 Å². The van der Waals surface area contributed by atoms with Crippen LogP contribution in [-0.2, 0) is 0 Å². The molecule has 2 saturated carbocycles. The molecule has 0 aromatic carbocycles. The van der Waals surface area contributed by atoms with E-state index in [0.29, 0.717) is 0 Å². The molecule has 98 valence electrons. The molecule has 0 N–H and O–H groups in total. The highest BCUT2D eigenvalue weighted by molar-refractivity contribution is 4.60.